The molecule has 2 heterocycles. The first-order chi connectivity index (χ1) is 14.9. The number of fused-ring (bicyclic) bond motifs is 1. The van der Waals surface area contributed by atoms with Gasteiger partial charge >= 0.3 is 0 Å². The molecule has 0 aliphatic carbocycles. The molecule has 3 aromatic rings. The Labute approximate surface area is 182 Å². The highest BCUT2D eigenvalue weighted by Crippen LogP contribution is 2.28. The fourth-order valence-corrected chi connectivity index (χ4v) is 5.16. The number of aryl methyl sites for hydroxylation is 1. The monoisotopic (exact) mass is 443 g/mol. The molecule has 0 unspecified atom stereocenters. The van der Waals surface area contributed by atoms with Crippen molar-refractivity contribution in [1.29, 1.82) is 0 Å². The van der Waals surface area contributed by atoms with Crippen LogP contribution in [-0.2, 0) is 30.0 Å². The molecule has 0 saturated carbocycles. The fraction of sp³-hybridized carbons (Fsp3) is 0.304. The maximum Gasteiger partial charge on any atom is 0.240 e. The van der Waals surface area contributed by atoms with Crippen LogP contribution < -0.4 is 9.46 Å². The van der Waals surface area contributed by atoms with Crippen LogP contribution in [-0.4, -0.2) is 38.1 Å². The van der Waals surface area contributed by atoms with Gasteiger partial charge in [-0.25, -0.2) is 17.5 Å². The van der Waals surface area contributed by atoms with Crippen LogP contribution in [0.15, 0.2) is 65.7 Å². The summed E-state index contributed by atoms with van der Waals surface area (Å²) >= 11 is 0. The molecule has 0 saturated heterocycles. The van der Waals surface area contributed by atoms with Gasteiger partial charge in [0.15, 0.2) is 11.6 Å². The minimum Gasteiger partial charge on any atom is -0.494 e. The lowest BCUT2D eigenvalue weighted by Crippen LogP contribution is -2.41. The number of nitrogens with one attached hydrogen (secondary N) is 1. The lowest BCUT2D eigenvalue weighted by atomic mass is 9.98. The van der Waals surface area contributed by atoms with Gasteiger partial charge < -0.3 is 9.30 Å². The number of aromatic nitrogens is 1. The molecule has 0 amide bonds. The van der Waals surface area contributed by atoms with Gasteiger partial charge in [-0.3, -0.25) is 4.90 Å². The minimum absolute atomic E-state index is 0.00705. The predicted molar refractivity (Wildman–Crippen MR) is 117 cm³/mol. The average Bonchev–Trinajstić information content (AvgIpc) is 3.19. The third kappa shape index (κ3) is 4.51. The SMILES string of the molecule is COc1ccc(S(=O)(=O)NC[C@@H](c2cccn2C)N2CCc3ccccc3C2)cc1F. The Hall–Kier alpha value is -2.68. The highest BCUT2D eigenvalue weighted by Gasteiger charge is 2.28. The molecule has 2 aromatic carbocycles. The van der Waals surface area contributed by atoms with Crippen molar-refractivity contribution in [2.75, 3.05) is 20.2 Å². The van der Waals surface area contributed by atoms with Crippen molar-refractivity contribution in [2.24, 2.45) is 7.05 Å². The van der Waals surface area contributed by atoms with Crippen molar-refractivity contribution in [3.8, 4) is 5.75 Å². The quantitative estimate of drug-likeness (QED) is 0.609. The van der Waals surface area contributed by atoms with Crippen LogP contribution in [0.25, 0.3) is 0 Å². The van der Waals surface area contributed by atoms with E-state index in [-0.39, 0.29) is 23.2 Å². The van der Waals surface area contributed by atoms with E-state index in [0.29, 0.717) is 0 Å². The Morgan fingerprint density at radius 3 is 2.58 bits per heavy atom. The van der Waals surface area contributed by atoms with Crippen molar-refractivity contribution >= 4 is 10.0 Å². The largest absolute Gasteiger partial charge is 0.494 e. The number of methoxy groups -OCH3 is 1. The minimum atomic E-state index is -3.89. The first-order valence-electron chi connectivity index (χ1n) is 10.1. The van der Waals surface area contributed by atoms with Gasteiger partial charge in [-0.1, -0.05) is 24.3 Å². The average molecular weight is 444 g/mol. The van der Waals surface area contributed by atoms with E-state index in [9.17, 15) is 12.8 Å². The Bertz CT molecular complexity index is 1180. The van der Waals surface area contributed by atoms with E-state index >= 15 is 0 Å². The smallest absolute Gasteiger partial charge is 0.240 e. The molecule has 1 aromatic heterocycles. The summed E-state index contributed by atoms with van der Waals surface area (Å²) in [6, 6.07) is 15.8. The zero-order chi connectivity index (χ0) is 22.0. The Morgan fingerprint density at radius 2 is 1.90 bits per heavy atom. The zero-order valence-corrected chi connectivity index (χ0v) is 18.4. The summed E-state index contributed by atoms with van der Waals surface area (Å²) < 4.78 is 49.4. The van der Waals surface area contributed by atoms with Crippen LogP contribution in [0, 0.1) is 5.82 Å². The summed E-state index contributed by atoms with van der Waals surface area (Å²) in [5, 5.41) is 0. The number of hydrogen-bond donors (Lipinski definition) is 1. The molecule has 0 fully saturated rings. The molecule has 4 rings (SSSR count). The Kier molecular flexibility index (Phi) is 6.13. The molecule has 8 heteroatoms. The molecule has 1 aliphatic rings. The summed E-state index contributed by atoms with van der Waals surface area (Å²) in [4.78, 5) is 2.16. The fourth-order valence-electron chi connectivity index (χ4n) is 4.11. The molecule has 0 bridgehead atoms. The maximum atomic E-state index is 14.1. The lowest BCUT2D eigenvalue weighted by Gasteiger charge is -2.36. The first-order valence-corrected chi connectivity index (χ1v) is 11.6. The molecule has 6 nitrogen and oxygen atoms in total. The van der Waals surface area contributed by atoms with E-state index < -0.39 is 15.8 Å². The zero-order valence-electron chi connectivity index (χ0n) is 17.6. The molecule has 0 spiro atoms. The van der Waals surface area contributed by atoms with Crippen LogP contribution in [0.1, 0.15) is 22.9 Å². The Morgan fingerprint density at radius 1 is 1.13 bits per heavy atom. The maximum absolute atomic E-state index is 14.1. The number of rotatable bonds is 7. The van der Waals surface area contributed by atoms with Crippen molar-refractivity contribution < 1.29 is 17.5 Å². The van der Waals surface area contributed by atoms with Gasteiger partial charge in [0.1, 0.15) is 0 Å². The van der Waals surface area contributed by atoms with Gasteiger partial charge in [0.25, 0.3) is 0 Å². The van der Waals surface area contributed by atoms with E-state index in [4.69, 9.17) is 4.74 Å². The summed E-state index contributed by atoms with van der Waals surface area (Å²) in [5.74, 6) is -0.704. The van der Waals surface area contributed by atoms with Crippen molar-refractivity contribution in [2.45, 2.75) is 23.9 Å². The second-order valence-corrected chi connectivity index (χ2v) is 9.46. The van der Waals surface area contributed by atoms with E-state index in [1.54, 1.807) is 0 Å². The summed E-state index contributed by atoms with van der Waals surface area (Å²) in [7, 11) is -0.596. The standard InChI is InChI=1S/C23H26FN3O3S/c1-26-12-5-8-21(26)22(27-13-11-17-6-3-4-7-18(17)16-27)15-25-31(28,29)19-9-10-23(30-2)20(24)14-19/h3-10,12,14,22,25H,11,13,15-16H2,1-2H3/t22-/m0/s1. The van der Waals surface area contributed by atoms with E-state index in [1.165, 1.54) is 30.4 Å². The van der Waals surface area contributed by atoms with E-state index in [2.05, 4.69) is 21.8 Å². The van der Waals surface area contributed by atoms with Gasteiger partial charge in [-0.05, 0) is 47.9 Å². The molecule has 1 aliphatic heterocycles. The number of halogens is 1. The van der Waals surface area contributed by atoms with Crippen molar-refractivity contribution in [3.05, 3.63) is 83.4 Å². The second kappa shape index (κ2) is 8.82. The topological polar surface area (TPSA) is 63.6 Å². The van der Waals surface area contributed by atoms with Gasteiger partial charge in [-0.2, -0.15) is 0 Å². The van der Waals surface area contributed by atoms with Crippen LogP contribution in [0.3, 0.4) is 0 Å². The van der Waals surface area contributed by atoms with E-state index in [1.807, 2.05) is 42.1 Å². The summed E-state index contributed by atoms with van der Waals surface area (Å²) in [5.41, 5.74) is 3.61. The highest BCUT2D eigenvalue weighted by atomic mass is 32.2. The molecule has 164 valence electrons. The molecule has 1 atom stereocenters. The van der Waals surface area contributed by atoms with Crippen LogP contribution >= 0.6 is 0 Å². The predicted octanol–water partition coefficient (Wildman–Crippen LogP) is 3.25. The first kappa shape index (κ1) is 21.5. The van der Waals surface area contributed by atoms with Gasteiger partial charge in [0, 0.05) is 38.6 Å². The third-order valence-electron chi connectivity index (χ3n) is 5.83. The molecule has 31 heavy (non-hydrogen) atoms. The normalized spacial score (nSPS) is 15.5. The number of nitrogens with zero attached hydrogens (tertiary/aromatic N) is 2. The summed E-state index contributed by atoms with van der Waals surface area (Å²) in [6.07, 6.45) is 2.86. The highest BCUT2D eigenvalue weighted by molar-refractivity contribution is 7.89. The van der Waals surface area contributed by atoms with Gasteiger partial charge in [0.2, 0.25) is 10.0 Å². The lowest BCUT2D eigenvalue weighted by molar-refractivity contribution is 0.174. The second-order valence-electron chi connectivity index (χ2n) is 7.70. The van der Waals surface area contributed by atoms with Gasteiger partial charge in [0.05, 0.1) is 18.0 Å². The van der Waals surface area contributed by atoms with E-state index in [0.717, 1.165) is 31.3 Å². The summed E-state index contributed by atoms with van der Waals surface area (Å²) in [6.45, 7) is 1.74. The van der Waals surface area contributed by atoms with Crippen molar-refractivity contribution in [1.82, 2.24) is 14.2 Å². The molecular weight excluding hydrogens is 417 g/mol. The van der Waals surface area contributed by atoms with Crippen molar-refractivity contribution in [3.63, 3.8) is 0 Å². The van der Waals surface area contributed by atoms with Gasteiger partial charge in [-0.15, -0.1) is 0 Å². The van der Waals surface area contributed by atoms with Crippen LogP contribution in [0.4, 0.5) is 4.39 Å². The van der Waals surface area contributed by atoms with Crippen LogP contribution in [0.2, 0.25) is 0 Å². The number of hydrogen-bond acceptors (Lipinski definition) is 4. The third-order valence-corrected chi connectivity index (χ3v) is 7.25. The Balaban J connectivity index is 1.57. The molecular formula is C23H26FN3O3S. The number of benzene rings is 2. The number of sulfonamides is 1. The van der Waals surface area contributed by atoms with Crippen LogP contribution in [0.5, 0.6) is 5.75 Å². The molecule has 1 N–H and O–H groups in total. The number of ether oxygens (including phenoxy) is 1. The molecule has 0 radical (unpaired) electrons.